The van der Waals surface area contributed by atoms with E-state index in [-0.39, 0.29) is 11.9 Å². The van der Waals surface area contributed by atoms with Crippen molar-refractivity contribution in [3.8, 4) is 0 Å². The van der Waals surface area contributed by atoms with E-state index in [0.29, 0.717) is 23.8 Å². The maximum absolute atomic E-state index is 12.8. The zero-order chi connectivity index (χ0) is 19.6. The molecule has 1 atom stereocenters. The molecule has 9 nitrogen and oxygen atoms in total. The maximum Gasteiger partial charge on any atom is 0.270 e. The summed E-state index contributed by atoms with van der Waals surface area (Å²) in [5, 5.41) is 7.25. The van der Waals surface area contributed by atoms with Crippen LogP contribution in [-0.4, -0.2) is 62.8 Å². The number of ether oxygens (including phenoxy) is 1. The molecule has 2 saturated heterocycles. The summed E-state index contributed by atoms with van der Waals surface area (Å²) in [5.74, 6) is 1.03. The topological polar surface area (TPSA) is 97.5 Å². The quantitative estimate of drug-likeness (QED) is 0.716. The van der Waals surface area contributed by atoms with Gasteiger partial charge in [0.15, 0.2) is 5.65 Å². The first-order valence-electron chi connectivity index (χ1n) is 10.0. The summed E-state index contributed by atoms with van der Waals surface area (Å²) in [6.45, 7) is 3.09. The minimum atomic E-state index is -0.148. The normalized spacial score (nSPS) is 20.3. The minimum Gasteiger partial charge on any atom is -0.381 e. The minimum absolute atomic E-state index is 0.0385. The van der Waals surface area contributed by atoms with E-state index in [2.05, 4.69) is 25.3 Å². The van der Waals surface area contributed by atoms with Gasteiger partial charge in [-0.1, -0.05) is 6.07 Å². The number of nitrogens with one attached hydrogen (secondary N) is 1. The van der Waals surface area contributed by atoms with Crippen LogP contribution in [0.2, 0.25) is 0 Å². The third kappa shape index (κ3) is 3.65. The highest BCUT2D eigenvalue weighted by Crippen LogP contribution is 2.26. The monoisotopic (exact) mass is 393 g/mol. The van der Waals surface area contributed by atoms with Gasteiger partial charge in [0.1, 0.15) is 12.0 Å². The van der Waals surface area contributed by atoms with Crippen molar-refractivity contribution >= 4 is 17.5 Å². The largest absolute Gasteiger partial charge is 0.381 e. The third-order valence-corrected chi connectivity index (χ3v) is 5.64. The van der Waals surface area contributed by atoms with Crippen molar-refractivity contribution in [1.29, 1.82) is 0 Å². The summed E-state index contributed by atoms with van der Waals surface area (Å²) in [5.41, 5.74) is 2.23. The van der Waals surface area contributed by atoms with E-state index in [1.807, 2.05) is 24.4 Å². The van der Waals surface area contributed by atoms with Gasteiger partial charge < -0.3 is 15.0 Å². The highest BCUT2D eigenvalue weighted by Gasteiger charge is 2.27. The Morgan fingerprint density at radius 1 is 1.14 bits per heavy atom. The molecule has 0 bridgehead atoms. The number of carbonyl (C=O) groups excluding carboxylic acids is 1. The van der Waals surface area contributed by atoms with Crippen LogP contribution < -0.4 is 10.2 Å². The molecule has 5 heterocycles. The molecule has 2 aliphatic heterocycles. The van der Waals surface area contributed by atoms with Crippen LogP contribution in [0.15, 0.2) is 36.8 Å². The first-order chi connectivity index (χ1) is 14.3. The second-order valence-electron chi connectivity index (χ2n) is 7.51. The molecule has 2 fully saturated rings. The molecule has 2 aliphatic rings. The van der Waals surface area contributed by atoms with Gasteiger partial charge in [-0.2, -0.15) is 5.10 Å². The van der Waals surface area contributed by atoms with Crippen LogP contribution in [0.3, 0.4) is 0 Å². The zero-order valence-electron chi connectivity index (χ0n) is 16.1. The van der Waals surface area contributed by atoms with Crippen LogP contribution >= 0.6 is 0 Å². The van der Waals surface area contributed by atoms with Crippen molar-refractivity contribution in [2.75, 3.05) is 31.2 Å². The Bertz CT molecular complexity index is 1010. The van der Waals surface area contributed by atoms with Gasteiger partial charge >= 0.3 is 0 Å². The Kier molecular flexibility index (Phi) is 4.81. The van der Waals surface area contributed by atoms with Crippen molar-refractivity contribution in [2.45, 2.75) is 31.2 Å². The molecule has 0 aromatic carbocycles. The molecule has 3 aromatic heterocycles. The second-order valence-corrected chi connectivity index (χ2v) is 7.51. The summed E-state index contributed by atoms with van der Waals surface area (Å²) in [6, 6.07) is 7.44. The van der Waals surface area contributed by atoms with Gasteiger partial charge in [-0.25, -0.2) is 19.5 Å². The summed E-state index contributed by atoms with van der Waals surface area (Å²) in [7, 11) is 0. The van der Waals surface area contributed by atoms with Gasteiger partial charge in [0.05, 0.1) is 0 Å². The van der Waals surface area contributed by atoms with Crippen LogP contribution in [0.4, 0.5) is 5.95 Å². The predicted molar refractivity (Wildman–Crippen MR) is 106 cm³/mol. The van der Waals surface area contributed by atoms with Gasteiger partial charge in [-0.05, 0) is 37.5 Å². The third-order valence-electron chi connectivity index (χ3n) is 5.64. The molecule has 5 rings (SSSR count). The van der Waals surface area contributed by atoms with E-state index in [1.54, 1.807) is 10.6 Å². The standard InChI is InChI=1S/C20H23N7O2/c28-19(17-2-1-3-18-22-13-23-27(17)18)24-15-5-9-26(12-15)20-21-8-4-16(25-20)14-6-10-29-11-7-14/h1-4,8,13-15H,5-7,9-12H2,(H,24,28). The molecule has 1 N–H and O–H groups in total. The zero-order valence-corrected chi connectivity index (χ0v) is 16.1. The summed E-state index contributed by atoms with van der Waals surface area (Å²) < 4.78 is 7.01. The van der Waals surface area contributed by atoms with Crippen LogP contribution in [-0.2, 0) is 4.74 Å². The molecule has 0 spiro atoms. The van der Waals surface area contributed by atoms with E-state index in [1.165, 1.54) is 6.33 Å². The molecule has 0 aliphatic carbocycles. The molecular weight excluding hydrogens is 370 g/mol. The fourth-order valence-corrected chi connectivity index (χ4v) is 4.07. The van der Waals surface area contributed by atoms with E-state index in [0.717, 1.165) is 50.7 Å². The van der Waals surface area contributed by atoms with Crippen molar-refractivity contribution < 1.29 is 9.53 Å². The average Bonchev–Trinajstić information content (AvgIpc) is 3.44. The molecule has 29 heavy (non-hydrogen) atoms. The summed E-state index contributed by atoms with van der Waals surface area (Å²) in [4.78, 5) is 28.3. The van der Waals surface area contributed by atoms with Crippen molar-refractivity contribution in [1.82, 2.24) is 29.9 Å². The molecular formula is C20H23N7O2. The SMILES string of the molecule is O=C(NC1CCN(c2nccc(C3CCOCC3)n2)C1)c1cccc2ncnn12. The summed E-state index contributed by atoms with van der Waals surface area (Å²) in [6.07, 6.45) is 6.15. The van der Waals surface area contributed by atoms with E-state index >= 15 is 0 Å². The number of amides is 1. The maximum atomic E-state index is 12.8. The Balaban J connectivity index is 1.26. The lowest BCUT2D eigenvalue weighted by Gasteiger charge is -2.23. The highest BCUT2D eigenvalue weighted by atomic mass is 16.5. The number of hydrogen-bond donors (Lipinski definition) is 1. The molecule has 0 radical (unpaired) electrons. The Labute approximate surface area is 168 Å². The number of rotatable bonds is 4. The Morgan fingerprint density at radius 2 is 2.03 bits per heavy atom. The first-order valence-corrected chi connectivity index (χ1v) is 10.0. The van der Waals surface area contributed by atoms with Crippen molar-refractivity contribution in [3.63, 3.8) is 0 Å². The van der Waals surface area contributed by atoms with Crippen molar-refractivity contribution in [2.24, 2.45) is 0 Å². The number of nitrogens with zero attached hydrogens (tertiary/aromatic N) is 6. The fourth-order valence-electron chi connectivity index (χ4n) is 4.07. The number of carbonyl (C=O) groups is 1. The number of fused-ring (bicyclic) bond motifs is 1. The molecule has 150 valence electrons. The average molecular weight is 393 g/mol. The second kappa shape index (κ2) is 7.75. The predicted octanol–water partition coefficient (Wildman–Crippen LogP) is 1.42. The lowest BCUT2D eigenvalue weighted by atomic mass is 9.96. The molecule has 3 aromatic rings. The number of hydrogen-bond acceptors (Lipinski definition) is 7. The molecule has 9 heteroatoms. The van der Waals surface area contributed by atoms with E-state index in [4.69, 9.17) is 9.72 Å². The smallest absolute Gasteiger partial charge is 0.270 e. The molecule has 1 unspecified atom stereocenters. The molecule has 1 amide bonds. The van der Waals surface area contributed by atoms with Crippen molar-refractivity contribution in [3.05, 3.63) is 48.2 Å². The van der Waals surface area contributed by atoms with Gasteiger partial charge in [-0.3, -0.25) is 4.79 Å². The Morgan fingerprint density at radius 3 is 2.93 bits per heavy atom. The van der Waals surface area contributed by atoms with Gasteiger partial charge in [0.25, 0.3) is 5.91 Å². The lowest BCUT2D eigenvalue weighted by molar-refractivity contribution is 0.0845. The highest BCUT2D eigenvalue weighted by molar-refractivity contribution is 5.93. The summed E-state index contributed by atoms with van der Waals surface area (Å²) >= 11 is 0. The molecule has 0 saturated carbocycles. The number of aromatic nitrogens is 5. The van der Waals surface area contributed by atoms with E-state index < -0.39 is 0 Å². The van der Waals surface area contributed by atoms with Crippen LogP contribution in [0, 0.1) is 0 Å². The fraction of sp³-hybridized carbons (Fsp3) is 0.450. The van der Waals surface area contributed by atoms with Gasteiger partial charge in [0, 0.05) is 50.2 Å². The number of anilines is 1. The Hall–Kier alpha value is -3.07. The number of pyridine rings is 1. The van der Waals surface area contributed by atoms with E-state index in [9.17, 15) is 4.79 Å². The van der Waals surface area contributed by atoms with Crippen LogP contribution in [0.5, 0.6) is 0 Å². The van der Waals surface area contributed by atoms with Crippen LogP contribution in [0.1, 0.15) is 41.4 Å². The first kappa shape index (κ1) is 18.0. The van der Waals surface area contributed by atoms with Gasteiger partial charge in [-0.15, -0.1) is 0 Å². The lowest BCUT2D eigenvalue weighted by Crippen LogP contribution is -2.38. The van der Waals surface area contributed by atoms with Gasteiger partial charge in [0.2, 0.25) is 5.95 Å². The van der Waals surface area contributed by atoms with Crippen LogP contribution in [0.25, 0.3) is 5.65 Å².